The van der Waals surface area contributed by atoms with Crippen LogP contribution < -0.4 is 10.6 Å². The van der Waals surface area contributed by atoms with Gasteiger partial charge >= 0.3 is 6.18 Å². The summed E-state index contributed by atoms with van der Waals surface area (Å²) in [6, 6.07) is 3.84. The summed E-state index contributed by atoms with van der Waals surface area (Å²) in [5.41, 5.74) is 4.49. The summed E-state index contributed by atoms with van der Waals surface area (Å²) in [6.45, 7) is 5.93. The molecule has 1 rings (SSSR count). The lowest BCUT2D eigenvalue weighted by molar-refractivity contribution is -0.137. The minimum Gasteiger partial charge on any atom is -0.409 e. The van der Waals surface area contributed by atoms with Crippen molar-refractivity contribution in [1.82, 2.24) is 0 Å². The van der Waals surface area contributed by atoms with E-state index in [-0.39, 0.29) is 17.5 Å². The molecule has 0 fully saturated rings. The molecule has 118 valence electrons. The summed E-state index contributed by atoms with van der Waals surface area (Å²) in [5.74, 6) is -0.276. The van der Waals surface area contributed by atoms with Crippen LogP contribution in [-0.4, -0.2) is 24.1 Å². The molecule has 1 aromatic rings. The Kier molecular flexibility index (Phi) is 5.09. The maximum Gasteiger partial charge on any atom is 0.417 e. The third-order valence-electron chi connectivity index (χ3n) is 3.68. The fourth-order valence-corrected chi connectivity index (χ4v) is 1.95. The molecule has 21 heavy (non-hydrogen) atoms. The van der Waals surface area contributed by atoms with Gasteiger partial charge < -0.3 is 15.8 Å². The number of nitrogens with zero attached hydrogens (tertiary/aromatic N) is 2. The molecule has 0 aliphatic carbocycles. The van der Waals surface area contributed by atoms with Crippen molar-refractivity contribution >= 4 is 11.5 Å². The predicted molar refractivity (Wildman–Crippen MR) is 76.7 cm³/mol. The summed E-state index contributed by atoms with van der Waals surface area (Å²) in [6.07, 6.45) is -4.58. The summed E-state index contributed by atoms with van der Waals surface area (Å²) in [4.78, 5) is 1.77. The minimum absolute atomic E-state index is 0.0702. The Morgan fingerprint density at radius 2 is 1.86 bits per heavy atom. The van der Waals surface area contributed by atoms with Crippen molar-refractivity contribution in [1.29, 1.82) is 0 Å². The van der Waals surface area contributed by atoms with Gasteiger partial charge in [0.15, 0.2) is 5.84 Å². The van der Waals surface area contributed by atoms with Crippen molar-refractivity contribution in [3.63, 3.8) is 0 Å². The van der Waals surface area contributed by atoms with Crippen LogP contribution in [0.5, 0.6) is 0 Å². The van der Waals surface area contributed by atoms with Crippen LogP contribution in [0.1, 0.15) is 31.9 Å². The monoisotopic (exact) mass is 303 g/mol. The molecule has 3 N–H and O–H groups in total. The van der Waals surface area contributed by atoms with Crippen molar-refractivity contribution in [2.45, 2.75) is 33.0 Å². The van der Waals surface area contributed by atoms with Gasteiger partial charge in [-0.05, 0) is 31.0 Å². The van der Waals surface area contributed by atoms with E-state index < -0.39 is 17.6 Å². The van der Waals surface area contributed by atoms with Crippen LogP contribution in [0, 0.1) is 5.92 Å². The Hall–Kier alpha value is -1.92. The van der Waals surface area contributed by atoms with Gasteiger partial charge in [0.05, 0.1) is 5.56 Å². The van der Waals surface area contributed by atoms with Gasteiger partial charge in [-0.25, -0.2) is 0 Å². The second kappa shape index (κ2) is 6.24. The van der Waals surface area contributed by atoms with Crippen molar-refractivity contribution in [3.8, 4) is 0 Å². The number of rotatable bonds is 4. The molecule has 0 aromatic heterocycles. The fraction of sp³-hybridized carbons (Fsp3) is 0.500. The Labute approximate surface area is 122 Å². The van der Waals surface area contributed by atoms with E-state index in [1.807, 2.05) is 20.8 Å². The average molecular weight is 303 g/mol. The van der Waals surface area contributed by atoms with E-state index in [0.29, 0.717) is 5.69 Å². The standard InChI is InChI=1S/C14H20F3N3O/c1-8(2)9(3)20(4)10-5-6-11(13(18)19-21)12(7-10)14(15,16)17/h5-9,21H,1-4H3,(H2,18,19). The topological polar surface area (TPSA) is 61.8 Å². The van der Waals surface area contributed by atoms with E-state index in [9.17, 15) is 13.2 Å². The number of alkyl halides is 3. The molecule has 0 bridgehead atoms. The zero-order valence-electron chi connectivity index (χ0n) is 12.4. The first-order valence-electron chi connectivity index (χ1n) is 6.51. The van der Waals surface area contributed by atoms with Gasteiger partial charge in [0, 0.05) is 24.3 Å². The second-order valence-corrected chi connectivity index (χ2v) is 5.31. The molecule has 0 saturated carbocycles. The molecular formula is C14H20F3N3O. The number of nitrogens with two attached hydrogens (primary N) is 1. The van der Waals surface area contributed by atoms with E-state index >= 15 is 0 Å². The maximum atomic E-state index is 13.1. The third-order valence-corrected chi connectivity index (χ3v) is 3.68. The predicted octanol–water partition coefficient (Wildman–Crippen LogP) is 3.28. The molecule has 1 atom stereocenters. The Balaban J connectivity index is 3.35. The lowest BCUT2D eigenvalue weighted by atomic mass is 10.0. The lowest BCUT2D eigenvalue weighted by Gasteiger charge is -2.30. The summed E-state index contributed by atoms with van der Waals surface area (Å²) in [7, 11) is 1.74. The number of hydrogen-bond donors (Lipinski definition) is 2. The average Bonchev–Trinajstić information content (AvgIpc) is 2.43. The SMILES string of the molecule is CC(C)C(C)N(C)c1ccc(/C(N)=N/O)c(C(F)(F)F)c1. The zero-order valence-corrected chi connectivity index (χ0v) is 12.4. The number of benzene rings is 1. The van der Waals surface area contributed by atoms with Crippen LogP contribution in [-0.2, 0) is 6.18 Å². The van der Waals surface area contributed by atoms with Gasteiger partial charge in [-0.3, -0.25) is 0 Å². The van der Waals surface area contributed by atoms with Crippen LogP contribution in [0.25, 0.3) is 0 Å². The summed E-state index contributed by atoms with van der Waals surface area (Å²) >= 11 is 0. The van der Waals surface area contributed by atoms with E-state index in [4.69, 9.17) is 10.9 Å². The summed E-state index contributed by atoms with van der Waals surface area (Å²) in [5, 5.41) is 11.3. The van der Waals surface area contributed by atoms with Crippen LogP contribution in [0.15, 0.2) is 23.4 Å². The van der Waals surface area contributed by atoms with Crippen LogP contribution in [0.3, 0.4) is 0 Å². The first-order valence-corrected chi connectivity index (χ1v) is 6.51. The highest BCUT2D eigenvalue weighted by atomic mass is 19.4. The van der Waals surface area contributed by atoms with Crippen molar-refractivity contribution in [3.05, 3.63) is 29.3 Å². The Morgan fingerprint density at radius 3 is 2.29 bits per heavy atom. The molecule has 0 heterocycles. The Morgan fingerprint density at radius 1 is 1.29 bits per heavy atom. The Bertz CT molecular complexity index is 527. The van der Waals surface area contributed by atoms with Gasteiger partial charge in [0.1, 0.15) is 0 Å². The van der Waals surface area contributed by atoms with Crippen molar-refractivity contribution in [2.24, 2.45) is 16.8 Å². The van der Waals surface area contributed by atoms with Gasteiger partial charge in [-0.15, -0.1) is 0 Å². The molecule has 1 unspecified atom stereocenters. The van der Waals surface area contributed by atoms with Crippen LogP contribution in [0.2, 0.25) is 0 Å². The first-order chi connectivity index (χ1) is 9.59. The molecule has 7 heteroatoms. The largest absolute Gasteiger partial charge is 0.417 e. The van der Waals surface area contributed by atoms with Gasteiger partial charge in [0.2, 0.25) is 0 Å². The molecule has 0 aliphatic rings. The first kappa shape index (κ1) is 17.1. The highest BCUT2D eigenvalue weighted by Gasteiger charge is 2.35. The molecular weight excluding hydrogens is 283 g/mol. The number of hydrogen-bond acceptors (Lipinski definition) is 3. The molecule has 1 aromatic carbocycles. The van der Waals surface area contributed by atoms with Crippen LogP contribution in [0.4, 0.5) is 18.9 Å². The molecule has 0 spiro atoms. The van der Waals surface area contributed by atoms with E-state index in [1.54, 1.807) is 11.9 Å². The maximum absolute atomic E-state index is 13.1. The molecule has 0 aliphatic heterocycles. The second-order valence-electron chi connectivity index (χ2n) is 5.31. The number of oxime groups is 1. The number of anilines is 1. The van der Waals surface area contributed by atoms with E-state index in [1.165, 1.54) is 12.1 Å². The highest BCUT2D eigenvalue weighted by molar-refractivity contribution is 5.99. The molecule has 0 radical (unpaired) electrons. The van der Waals surface area contributed by atoms with Gasteiger partial charge in [0.25, 0.3) is 0 Å². The summed E-state index contributed by atoms with van der Waals surface area (Å²) < 4.78 is 39.4. The fourth-order valence-electron chi connectivity index (χ4n) is 1.95. The molecule has 0 amide bonds. The zero-order chi connectivity index (χ0) is 16.4. The normalized spacial score (nSPS) is 14.4. The molecule has 4 nitrogen and oxygen atoms in total. The van der Waals surface area contributed by atoms with Crippen LogP contribution >= 0.6 is 0 Å². The minimum atomic E-state index is -4.58. The smallest absolute Gasteiger partial charge is 0.409 e. The van der Waals surface area contributed by atoms with E-state index in [0.717, 1.165) is 6.07 Å². The number of amidine groups is 1. The lowest BCUT2D eigenvalue weighted by Crippen LogP contribution is -2.33. The van der Waals surface area contributed by atoms with Crippen molar-refractivity contribution < 1.29 is 18.4 Å². The van der Waals surface area contributed by atoms with Gasteiger partial charge in [-0.1, -0.05) is 19.0 Å². The van der Waals surface area contributed by atoms with Crippen molar-refractivity contribution in [2.75, 3.05) is 11.9 Å². The third kappa shape index (κ3) is 3.80. The number of halogens is 3. The quantitative estimate of drug-likeness (QED) is 0.388. The van der Waals surface area contributed by atoms with E-state index in [2.05, 4.69) is 5.16 Å². The highest BCUT2D eigenvalue weighted by Crippen LogP contribution is 2.35. The molecule has 0 saturated heterocycles. The van der Waals surface area contributed by atoms with Gasteiger partial charge in [-0.2, -0.15) is 13.2 Å².